The van der Waals surface area contributed by atoms with Gasteiger partial charge in [0.1, 0.15) is 0 Å². The van der Waals surface area contributed by atoms with Gasteiger partial charge in [0.25, 0.3) is 0 Å². The van der Waals surface area contributed by atoms with Crippen LogP contribution in [0.15, 0.2) is 0 Å². The van der Waals surface area contributed by atoms with E-state index in [0.717, 1.165) is 0 Å². The van der Waals surface area contributed by atoms with Crippen LogP contribution in [0.4, 0.5) is 0 Å². The molecule has 1 atom stereocenters. The monoisotopic (exact) mass is 155 g/mol. The lowest BCUT2D eigenvalue weighted by Crippen LogP contribution is -2.41. The van der Waals surface area contributed by atoms with Crippen molar-refractivity contribution in [2.45, 2.75) is 6.04 Å². The minimum Gasteiger partial charge on any atom is -0.479 e. The topological polar surface area (TPSA) is 43.5 Å². The van der Waals surface area contributed by atoms with E-state index in [1.165, 1.54) is 9.69 Å². The summed E-state index contributed by atoms with van der Waals surface area (Å²) < 4.78 is 1.37. The highest BCUT2D eigenvalue weighted by Crippen LogP contribution is 1.93. The van der Waals surface area contributed by atoms with Gasteiger partial charge in [0.2, 0.25) is 6.04 Å². The Balaban J connectivity index is 4.42. The first-order chi connectivity index (χ1) is 5.00. The highest BCUT2D eigenvalue weighted by molar-refractivity contribution is 5.76. The summed E-state index contributed by atoms with van der Waals surface area (Å²) in [4.78, 5) is 10.4. The number of hydrogen-bond donors (Lipinski definition) is 1. The number of hydrogen-bond acceptors (Lipinski definition) is 2. The number of nitrogens with zero attached hydrogens (tertiary/aromatic N) is 2. The van der Waals surface area contributed by atoms with Crippen molar-refractivity contribution in [1.29, 1.82) is 0 Å². The number of likely N-dealkylation sites (N-methyl/N-ethyl adjacent to an activating group) is 1. The molecular formula is C7H11N2O2+. The van der Waals surface area contributed by atoms with Crippen molar-refractivity contribution in [3.63, 3.8) is 0 Å². The summed E-state index contributed by atoms with van der Waals surface area (Å²) in [6, 6.07) is -0.947. The lowest BCUT2D eigenvalue weighted by molar-refractivity contribution is -0.657. The van der Waals surface area contributed by atoms with Crippen LogP contribution in [-0.2, 0) is 4.79 Å². The van der Waals surface area contributed by atoms with Gasteiger partial charge in [-0.2, -0.15) is 5.01 Å². The Hall–Kier alpha value is -1.50. The minimum absolute atomic E-state index is 0.947. The second-order valence-electron chi connectivity index (χ2n) is 2.14. The molecule has 0 spiro atoms. The van der Waals surface area contributed by atoms with E-state index in [-0.39, 0.29) is 0 Å². The average molecular weight is 155 g/mol. The number of rotatable bonds is 3. The van der Waals surface area contributed by atoms with E-state index in [9.17, 15) is 4.79 Å². The van der Waals surface area contributed by atoms with E-state index in [2.05, 4.69) is 12.6 Å². The van der Waals surface area contributed by atoms with Gasteiger partial charge in [0.05, 0.1) is 7.05 Å². The quantitative estimate of drug-likeness (QED) is 0.253. The molecule has 4 nitrogen and oxygen atoms in total. The summed E-state index contributed by atoms with van der Waals surface area (Å²) >= 11 is 0. The molecule has 0 saturated carbocycles. The zero-order valence-electron chi connectivity index (χ0n) is 6.61. The van der Waals surface area contributed by atoms with E-state index in [1.54, 1.807) is 14.1 Å². The molecule has 0 aromatic heterocycles. The van der Waals surface area contributed by atoms with Crippen LogP contribution in [0.5, 0.6) is 0 Å². The third kappa shape index (κ3) is 2.30. The van der Waals surface area contributed by atoms with E-state index >= 15 is 0 Å². The van der Waals surface area contributed by atoms with Crippen LogP contribution in [0.3, 0.4) is 0 Å². The predicted molar refractivity (Wildman–Crippen MR) is 41.3 cm³/mol. The van der Waals surface area contributed by atoms with Gasteiger partial charge in [-0.1, -0.05) is 5.92 Å². The molecule has 0 radical (unpaired) electrons. The number of carboxylic acids is 1. The van der Waals surface area contributed by atoms with Crippen molar-refractivity contribution in [3.05, 3.63) is 0 Å². The Morgan fingerprint density at radius 3 is 2.45 bits per heavy atom. The van der Waals surface area contributed by atoms with E-state index in [4.69, 9.17) is 11.5 Å². The Morgan fingerprint density at radius 2 is 2.36 bits per heavy atom. The molecule has 0 saturated heterocycles. The van der Waals surface area contributed by atoms with Crippen molar-refractivity contribution in [2.24, 2.45) is 0 Å². The number of aliphatic carboxylic acids is 1. The molecule has 4 heteroatoms. The highest BCUT2D eigenvalue weighted by Gasteiger charge is 2.23. The van der Waals surface area contributed by atoms with Crippen LogP contribution in [-0.4, -0.2) is 47.6 Å². The lowest BCUT2D eigenvalue weighted by atomic mass is 10.3. The zero-order chi connectivity index (χ0) is 9.02. The smallest absolute Gasteiger partial charge is 0.344 e. The van der Waals surface area contributed by atoms with Gasteiger partial charge in [-0.3, -0.25) is 0 Å². The van der Waals surface area contributed by atoms with Crippen LogP contribution in [0.2, 0.25) is 0 Å². The Labute approximate surface area is 65.7 Å². The summed E-state index contributed by atoms with van der Waals surface area (Å²) in [7, 11) is 3.18. The fraction of sp³-hybridized carbons (Fsp3) is 0.429. The summed E-state index contributed by atoms with van der Waals surface area (Å²) in [6.07, 6.45) is 4.99. The second kappa shape index (κ2) is 3.62. The molecule has 1 N–H and O–H groups in total. The maximum atomic E-state index is 10.4. The first-order valence-electron chi connectivity index (χ1n) is 2.96. The van der Waals surface area contributed by atoms with Gasteiger partial charge in [0.15, 0.2) is 13.8 Å². The highest BCUT2D eigenvalue weighted by atomic mass is 16.4. The molecule has 0 bridgehead atoms. The summed E-state index contributed by atoms with van der Waals surface area (Å²) in [6.45, 7) is 3.49. The Kier molecular flexibility index (Phi) is 3.12. The number of hydrazine groups is 1. The van der Waals surface area contributed by atoms with Gasteiger partial charge >= 0.3 is 5.97 Å². The van der Waals surface area contributed by atoms with Crippen LogP contribution < -0.4 is 0 Å². The third-order valence-electron chi connectivity index (χ3n) is 1.30. The number of terminal acetylenes is 1. The number of hydrazone groups is 1. The molecule has 0 amide bonds. The molecule has 60 valence electrons. The first-order valence-corrected chi connectivity index (χ1v) is 2.96. The van der Waals surface area contributed by atoms with E-state index in [0.29, 0.717) is 0 Å². The number of carboxylic acid groups (broad SMARTS) is 1. The standard InChI is InChI=1S/C7H10N2O2/c1-5-6(7(10)11)9(4)8(2)3/h1,6H,2H2,3-4H3/p+1. The van der Waals surface area contributed by atoms with Gasteiger partial charge < -0.3 is 5.11 Å². The maximum Gasteiger partial charge on any atom is 0.344 e. The van der Waals surface area contributed by atoms with E-state index in [1.807, 2.05) is 0 Å². The normalized spacial score (nSPS) is 11.4. The molecule has 0 fully saturated rings. The summed E-state index contributed by atoms with van der Waals surface area (Å²) in [5.74, 6) is 1.08. The van der Waals surface area contributed by atoms with Crippen LogP contribution >= 0.6 is 0 Å². The summed E-state index contributed by atoms with van der Waals surface area (Å²) in [5.41, 5.74) is 0. The van der Waals surface area contributed by atoms with Gasteiger partial charge in [-0.05, 0) is 0 Å². The van der Waals surface area contributed by atoms with Gasteiger partial charge in [-0.15, -0.1) is 11.1 Å². The SMILES string of the molecule is C#CC(C(=O)O)N(C)[N+](=C)C. The van der Waals surface area contributed by atoms with Crippen LogP contribution in [0, 0.1) is 12.3 Å². The second-order valence-corrected chi connectivity index (χ2v) is 2.14. The van der Waals surface area contributed by atoms with Crippen LogP contribution in [0.25, 0.3) is 0 Å². The van der Waals surface area contributed by atoms with Gasteiger partial charge in [0, 0.05) is 0 Å². The molecule has 0 aliphatic carbocycles. The fourth-order valence-electron chi connectivity index (χ4n) is 0.536. The molecular weight excluding hydrogens is 144 g/mol. The summed E-state index contributed by atoms with van der Waals surface area (Å²) in [5, 5.41) is 9.90. The Morgan fingerprint density at radius 1 is 1.91 bits per heavy atom. The molecule has 0 aliphatic rings. The van der Waals surface area contributed by atoms with Crippen molar-refractivity contribution in [3.8, 4) is 12.3 Å². The lowest BCUT2D eigenvalue weighted by Gasteiger charge is -2.15. The average Bonchev–Trinajstić information content (AvgIpc) is 1.88. The van der Waals surface area contributed by atoms with Crippen molar-refractivity contribution in [1.82, 2.24) is 5.01 Å². The fourth-order valence-corrected chi connectivity index (χ4v) is 0.536. The van der Waals surface area contributed by atoms with Crippen LogP contribution in [0.1, 0.15) is 0 Å². The van der Waals surface area contributed by atoms with Crippen molar-refractivity contribution >= 4 is 12.7 Å². The van der Waals surface area contributed by atoms with Crippen molar-refractivity contribution < 1.29 is 14.6 Å². The maximum absolute atomic E-state index is 10.4. The predicted octanol–water partition coefficient (Wildman–Crippen LogP) is -0.737. The first kappa shape index (κ1) is 9.50. The molecule has 11 heavy (non-hydrogen) atoms. The number of carbonyl (C=O) groups is 1. The zero-order valence-corrected chi connectivity index (χ0v) is 6.61. The largest absolute Gasteiger partial charge is 0.479 e. The van der Waals surface area contributed by atoms with Gasteiger partial charge in [-0.25, -0.2) is 4.79 Å². The molecule has 0 aromatic rings. The van der Waals surface area contributed by atoms with E-state index < -0.39 is 12.0 Å². The molecule has 0 aromatic carbocycles. The Bertz CT molecular complexity index is 217. The molecule has 0 aliphatic heterocycles. The van der Waals surface area contributed by atoms with Crippen molar-refractivity contribution in [2.75, 3.05) is 14.1 Å². The minimum atomic E-state index is -1.05. The third-order valence-corrected chi connectivity index (χ3v) is 1.30. The molecule has 0 rings (SSSR count). The molecule has 1 unspecified atom stereocenters. The molecule has 0 heterocycles.